The average Bonchev–Trinajstić information content (AvgIpc) is 2.77. The molecule has 4 aromatic rings. The lowest BCUT2D eigenvalue weighted by atomic mass is 10.1. The van der Waals surface area contributed by atoms with Crippen LogP contribution in [0.3, 0.4) is 0 Å². The second-order valence-corrected chi connectivity index (χ2v) is 6.18. The molecule has 0 saturated heterocycles. The third-order valence-electron chi connectivity index (χ3n) is 4.24. The van der Waals surface area contributed by atoms with Gasteiger partial charge in [0.05, 0.1) is 13.3 Å². The van der Waals surface area contributed by atoms with E-state index >= 15 is 0 Å². The number of ether oxygens (including phenoxy) is 3. The minimum absolute atomic E-state index is 0.0951. The first-order valence-electron chi connectivity index (χ1n) is 8.95. The van der Waals surface area contributed by atoms with Crippen LogP contribution in [-0.2, 0) is 11.3 Å². The number of aromatic nitrogens is 2. The number of fused-ring (bicyclic) bond motifs is 1. The highest BCUT2D eigenvalue weighted by Crippen LogP contribution is 2.25. The average molecular weight is 404 g/mol. The number of carbonyl (C=O) groups excluding carboxylic acids is 1. The normalized spacial score (nSPS) is 10.6. The fourth-order valence-electron chi connectivity index (χ4n) is 2.82. The topological polar surface area (TPSA) is 101 Å². The lowest BCUT2D eigenvalue weighted by molar-refractivity contribution is 0.0470. The minimum Gasteiger partial charge on any atom is -0.497 e. The number of rotatable bonds is 6. The van der Waals surface area contributed by atoms with Gasteiger partial charge in [-0.05, 0) is 36.4 Å². The van der Waals surface area contributed by atoms with Gasteiger partial charge in [-0.1, -0.05) is 0 Å². The largest absolute Gasteiger partial charge is 0.497 e. The van der Waals surface area contributed by atoms with Crippen molar-refractivity contribution in [3.8, 4) is 17.4 Å². The molecule has 3 heterocycles. The highest BCUT2D eigenvalue weighted by Gasteiger charge is 2.17. The summed E-state index contributed by atoms with van der Waals surface area (Å²) in [6.45, 7) is -0.130. The Morgan fingerprint density at radius 1 is 1.07 bits per heavy atom. The number of hydrogen-bond acceptors (Lipinski definition) is 8. The zero-order chi connectivity index (χ0) is 20.9. The first-order chi connectivity index (χ1) is 14.6. The summed E-state index contributed by atoms with van der Waals surface area (Å²) in [6, 6.07) is 12.9. The van der Waals surface area contributed by atoms with Crippen LogP contribution in [0, 0.1) is 0 Å². The van der Waals surface area contributed by atoms with Crippen molar-refractivity contribution in [3.05, 3.63) is 88.7 Å². The van der Waals surface area contributed by atoms with E-state index in [0.717, 1.165) is 0 Å². The van der Waals surface area contributed by atoms with E-state index in [9.17, 15) is 9.59 Å². The number of carbonyl (C=O) groups is 1. The Labute approximate surface area is 170 Å². The highest BCUT2D eigenvalue weighted by atomic mass is 16.5. The summed E-state index contributed by atoms with van der Waals surface area (Å²) in [5.41, 5.74) is 0.449. The molecule has 1 aromatic carbocycles. The van der Waals surface area contributed by atoms with Gasteiger partial charge in [0.25, 0.3) is 0 Å². The van der Waals surface area contributed by atoms with Gasteiger partial charge in [0, 0.05) is 35.5 Å². The van der Waals surface area contributed by atoms with E-state index in [1.165, 1.54) is 25.6 Å². The van der Waals surface area contributed by atoms with E-state index in [1.54, 1.807) is 48.7 Å². The van der Waals surface area contributed by atoms with Crippen molar-refractivity contribution in [2.75, 3.05) is 7.11 Å². The van der Waals surface area contributed by atoms with Crippen LogP contribution in [0.2, 0.25) is 0 Å². The van der Waals surface area contributed by atoms with Gasteiger partial charge in [0.15, 0.2) is 0 Å². The molecule has 0 unspecified atom stereocenters. The summed E-state index contributed by atoms with van der Waals surface area (Å²) in [7, 11) is 1.52. The van der Waals surface area contributed by atoms with Crippen molar-refractivity contribution >= 4 is 16.9 Å². The lowest BCUT2D eigenvalue weighted by Gasteiger charge is -2.10. The Kier molecular flexibility index (Phi) is 5.38. The molecule has 0 aliphatic rings. The fraction of sp³-hybridized carbons (Fsp3) is 0.0909. The second kappa shape index (κ2) is 8.44. The predicted octanol–water partition coefficient (Wildman–Crippen LogP) is 3.74. The summed E-state index contributed by atoms with van der Waals surface area (Å²) >= 11 is 0. The molecule has 0 N–H and O–H groups in total. The maximum atomic E-state index is 12.7. The van der Waals surface area contributed by atoms with Crippen LogP contribution in [-0.4, -0.2) is 23.0 Å². The van der Waals surface area contributed by atoms with Gasteiger partial charge >= 0.3 is 11.6 Å². The van der Waals surface area contributed by atoms with E-state index < -0.39 is 11.6 Å². The third kappa shape index (κ3) is 4.12. The maximum Gasteiger partial charge on any atom is 0.344 e. The van der Waals surface area contributed by atoms with Gasteiger partial charge in [0.1, 0.15) is 29.3 Å². The Hall–Kier alpha value is -4.20. The van der Waals surface area contributed by atoms with E-state index in [2.05, 4.69) is 9.97 Å². The number of esters is 1. The number of methoxy groups -OCH3 is 1. The van der Waals surface area contributed by atoms with Crippen molar-refractivity contribution in [1.29, 1.82) is 0 Å². The molecule has 0 atom stereocenters. The Bertz CT molecular complexity index is 1250. The molecule has 0 radical (unpaired) electrons. The van der Waals surface area contributed by atoms with Gasteiger partial charge in [-0.15, -0.1) is 0 Å². The predicted molar refractivity (Wildman–Crippen MR) is 107 cm³/mol. The lowest BCUT2D eigenvalue weighted by Crippen LogP contribution is -2.09. The van der Waals surface area contributed by atoms with Crippen molar-refractivity contribution in [1.82, 2.24) is 9.97 Å². The Morgan fingerprint density at radius 2 is 1.93 bits per heavy atom. The summed E-state index contributed by atoms with van der Waals surface area (Å²) in [5, 5.41) is 0.640. The quantitative estimate of drug-likeness (QED) is 0.354. The standard InChI is InChI=1S/C22H16N2O6/c1-27-15-6-7-17-14(10-20(25)30-19(17)11-15)13-28-22(26)18-5-3-9-24-21(18)29-16-4-2-8-23-12-16/h2-12H,13H2,1H3. The monoisotopic (exact) mass is 404 g/mol. The van der Waals surface area contributed by atoms with Gasteiger partial charge < -0.3 is 18.6 Å². The summed E-state index contributed by atoms with van der Waals surface area (Å²) in [4.78, 5) is 32.6. The molecule has 3 aromatic heterocycles. The molecule has 8 nitrogen and oxygen atoms in total. The Balaban J connectivity index is 1.57. The Morgan fingerprint density at radius 3 is 2.73 bits per heavy atom. The molecule has 30 heavy (non-hydrogen) atoms. The number of pyridine rings is 2. The molecular formula is C22H16N2O6. The SMILES string of the molecule is COc1ccc2c(COC(=O)c3cccnc3Oc3cccnc3)cc(=O)oc2c1. The molecule has 150 valence electrons. The zero-order valence-corrected chi connectivity index (χ0v) is 15.9. The van der Waals surface area contributed by atoms with Crippen LogP contribution in [0.5, 0.6) is 17.4 Å². The molecule has 0 amide bonds. The van der Waals surface area contributed by atoms with Crippen molar-refractivity contribution in [2.24, 2.45) is 0 Å². The highest BCUT2D eigenvalue weighted by molar-refractivity contribution is 5.92. The minimum atomic E-state index is -0.642. The molecule has 0 aliphatic carbocycles. The molecule has 8 heteroatoms. The third-order valence-corrected chi connectivity index (χ3v) is 4.24. The smallest absolute Gasteiger partial charge is 0.344 e. The van der Waals surface area contributed by atoms with Gasteiger partial charge in [0.2, 0.25) is 5.88 Å². The summed E-state index contributed by atoms with van der Waals surface area (Å²) in [5.74, 6) is 0.438. The summed E-state index contributed by atoms with van der Waals surface area (Å²) < 4.78 is 21.4. The van der Waals surface area contributed by atoms with Gasteiger partial charge in [-0.2, -0.15) is 0 Å². The summed E-state index contributed by atoms with van der Waals surface area (Å²) in [6.07, 6.45) is 4.62. The fourth-order valence-corrected chi connectivity index (χ4v) is 2.82. The van der Waals surface area contributed by atoms with Crippen LogP contribution in [0.4, 0.5) is 0 Å². The molecule has 0 saturated carbocycles. The van der Waals surface area contributed by atoms with Crippen molar-refractivity contribution in [2.45, 2.75) is 6.61 Å². The van der Waals surface area contributed by atoms with Crippen LogP contribution >= 0.6 is 0 Å². The molecule has 0 fully saturated rings. The first kappa shape index (κ1) is 19.1. The van der Waals surface area contributed by atoms with Crippen LogP contribution < -0.4 is 15.1 Å². The van der Waals surface area contributed by atoms with Crippen LogP contribution in [0.25, 0.3) is 11.0 Å². The van der Waals surface area contributed by atoms with Crippen LogP contribution in [0.1, 0.15) is 15.9 Å². The van der Waals surface area contributed by atoms with Crippen molar-refractivity contribution in [3.63, 3.8) is 0 Å². The van der Waals surface area contributed by atoms with Crippen LogP contribution in [0.15, 0.2) is 76.3 Å². The second-order valence-electron chi connectivity index (χ2n) is 6.18. The molecule has 0 spiro atoms. The van der Waals surface area contributed by atoms with E-state index in [-0.39, 0.29) is 18.1 Å². The van der Waals surface area contributed by atoms with Crippen molar-refractivity contribution < 1.29 is 23.4 Å². The van der Waals surface area contributed by atoms with Gasteiger partial charge in [-0.3, -0.25) is 4.98 Å². The first-order valence-corrected chi connectivity index (χ1v) is 8.95. The molecule has 0 bridgehead atoms. The number of hydrogen-bond donors (Lipinski definition) is 0. The number of nitrogens with zero attached hydrogens (tertiary/aromatic N) is 2. The van der Waals surface area contributed by atoms with Gasteiger partial charge in [-0.25, -0.2) is 14.6 Å². The van der Waals surface area contributed by atoms with E-state index in [1.807, 2.05) is 0 Å². The van der Waals surface area contributed by atoms with E-state index in [4.69, 9.17) is 18.6 Å². The molecule has 0 aliphatic heterocycles. The maximum absolute atomic E-state index is 12.7. The molecule has 4 rings (SSSR count). The number of benzene rings is 1. The molecular weight excluding hydrogens is 388 g/mol. The van der Waals surface area contributed by atoms with E-state index in [0.29, 0.717) is 28.0 Å². The zero-order valence-electron chi connectivity index (χ0n) is 15.9.